The van der Waals surface area contributed by atoms with Gasteiger partial charge in [-0.2, -0.15) is 13.5 Å². The van der Waals surface area contributed by atoms with Crippen molar-refractivity contribution in [3.63, 3.8) is 0 Å². The van der Waals surface area contributed by atoms with Crippen LogP contribution < -0.4 is 0 Å². The molecule has 15 heavy (non-hydrogen) atoms. The van der Waals surface area contributed by atoms with Crippen molar-refractivity contribution in [2.24, 2.45) is 0 Å². The largest absolute Gasteiger partial charge is 0.197 e. The van der Waals surface area contributed by atoms with Crippen LogP contribution in [0.4, 0.5) is 0 Å². The van der Waals surface area contributed by atoms with Gasteiger partial charge in [-0.3, -0.25) is 0 Å². The van der Waals surface area contributed by atoms with Crippen molar-refractivity contribution >= 4 is 13.5 Å². The van der Waals surface area contributed by atoms with E-state index < -0.39 is 0 Å². The SMILES string of the molecule is CCCCC[C@H](C)c1ccc(C)cc1.S. The molecule has 0 radical (unpaired) electrons. The molecular weight excluding hydrogens is 200 g/mol. The molecule has 1 heteroatoms. The normalized spacial score (nSPS) is 11.9. The van der Waals surface area contributed by atoms with Gasteiger partial charge < -0.3 is 0 Å². The Labute approximate surface area is 102 Å². The van der Waals surface area contributed by atoms with Crippen LogP contribution in [0.1, 0.15) is 56.6 Å². The van der Waals surface area contributed by atoms with Crippen LogP contribution in [-0.2, 0) is 0 Å². The van der Waals surface area contributed by atoms with E-state index in [2.05, 4.69) is 45.0 Å². The molecule has 86 valence electrons. The third-order valence-electron chi connectivity index (χ3n) is 2.89. The second-order valence-electron chi connectivity index (χ2n) is 4.31. The number of hydrogen-bond acceptors (Lipinski definition) is 0. The van der Waals surface area contributed by atoms with Gasteiger partial charge in [-0.15, -0.1) is 0 Å². The van der Waals surface area contributed by atoms with Crippen LogP contribution in [0.2, 0.25) is 0 Å². The lowest BCUT2D eigenvalue weighted by atomic mass is 9.94. The molecule has 0 N–H and O–H groups in total. The Bertz CT molecular complexity index is 251. The first kappa shape index (κ1) is 14.6. The summed E-state index contributed by atoms with van der Waals surface area (Å²) in [6, 6.07) is 8.97. The van der Waals surface area contributed by atoms with Crippen LogP contribution in [0.15, 0.2) is 24.3 Å². The molecule has 0 bridgehead atoms. The van der Waals surface area contributed by atoms with E-state index in [-0.39, 0.29) is 13.5 Å². The Morgan fingerprint density at radius 2 is 1.67 bits per heavy atom. The molecule has 0 aromatic heterocycles. The molecule has 0 aliphatic rings. The molecule has 0 unspecified atom stereocenters. The fraction of sp³-hybridized carbons (Fsp3) is 0.571. The predicted molar refractivity (Wildman–Crippen MR) is 74.1 cm³/mol. The third-order valence-corrected chi connectivity index (χ3v) is 2.89. The topological polar surface area (TPSA) is 0 Å². The lowest BCUT2D eigenvalue weighted by Crippen LogP contribution is -1.93. The van der Waals surface area contributed by atoms with Crippen LogP contribution in [0.3, 0.4) is 0 Å². The molecule has 0 spiro atoms. The zero-order valence-electron chi connectivity index (χ0n) is 10.2. The van der Waals surface area contributed by atoms with Gasteiger partial charge in [0.1, 0.15) is 0 Å². The van der Waals surface area contributed by atoms with Gasteiger partial charge in [0.25, 0.3) is 0 Å². The van der Waals surface area contributed by atoms with Gasteiger partial charge in [0.05, 0.1) is 0 Å². The maximum Gasteiger partial charge on any atom is -0.0190 e. The summed E-state index contributed by atoms with van der Waals surface area (Å²) in [6.07, 6.45) is 5.39. The number of aryl methyl sites for hydroxylation is 1. The van der Waals surface area contributed by atoms with E-state index in [4.69, 9.17) is 0 Å². The Hall–Kier alpha value is -0.430. The molecule has 1 aromatic rings. The van der Waals surface area contributed by atoms with Crippen LogP contribution in [0.5, 0.6) is 0 Å². The fourth-order valence-electron chi connectivity index (χ4n) is 1.76. The van der Waals surface area contributed by atoms with Crippen molar-refractivity contribution in [2.45, 2.75) is 52.4 Å². The summed E-state index contributed by atoms with van der Waals surface area (Å²) in [6.45, 7) is 6.74. The Morgan fingerprint density at radius 3 is 2.20 bits per heavy atom. The van der Waals surface area contributed by atoms with E-state index in [1.54, 1.807) is 0 Å². The summed E-state index contributed by atoms with van der Waals surface area (Å²) in [5, 5.41) is 0. The molecule has 0 saturated carbocycles. The molecule has 1 rings (SSSR count). The van der Waals surface area contributed by atoms with Crippen molar-refractivity contribution in [3.05, 3.63) is 35.4 Å². The van der Waals surface area contributed by atoms with E-state index in [9.17, 15) is 0 Å². The molecule has 0 amide bonds. The van der Waals surface area contributed by atoms with E-state index in [1.165, 1.54) is 36.8 Å². The molecule has 1 aromatic carbocycles. The van der Waals surface area contributed by atoms with Crippen LogP contribution in [-0.4, -0.2) is 0 Å². The minimum Gasteiger partial charge on any atom is -0.197 e. The van der Waals surface area contributed by atoms with Crippen molar-refractivity contribution in [3.8, 4) is 0 Å². The fourth-order valence-corrected chi connectivity index (χ4v) is 1.76. The second kappa shape index (κ2) is 7.81. The van der Waals surface area contributed by atoms with E-state index >= 15 is 0 Å². The zero-order valence-corrected chi connectivity index (χ0v) is 11.2. The van der Waals surface area contributed by atoms with Crippen LogP contribution in [0.25, 0.3) is 0 Å². The first-order chi connectivity index (χ1) is 6.74. The van der Waals surface area contributed by atoms with E-state index in [0.29, 0.717) is 0 Å². The summed E-state index contributed by atoms with van der Waals surface area (Å²) < 4.78 is 0. The summed E-state index contributed by atoms with van der Waals surface area (Å²) in [4.78, 5) is 0. The van der Waals surface area contributed by atoms with Gasteiger partial charge in [0.2, 0.25) is 0 Å². The second-order valence-corrected chi connectivity index (χ2v) is 4.31. The van der Waals surface area contributed by atoms with Gasteiger partial charge in [-0.1, -0.05) is 62.9 Å². The summed E-state index contributed by atoms with van der Waals surface area (Å²) in [7, 11) is 0. The minimum atomic E-state index is 0. The quantitative estimate of drug-likeness (QED) is 0.631. The van der Waals surface area contributed by atoms with Crippen LogP contribution in [0, 0.1) is 6.92 Å². The zero-order chi connectivity index (χ0) is 10.4. The number of unbranched alkanes of at least 4 members (excludes halogenated alkanes) is 2. The number of hydrogen-bond donors (Lipinski definition) is 0. The monoisotopic (exact) mass is 224 g/mol. The first-order valence-corrected chi connectivity index (χ1v) is 5.80. The van der Waals surface area contributed by atoms with E-state index in [0.717, 1.165) is 5.92 Å². The molecule has 0 aliphatic heterocycles. The number of rotatable bonds is 5. The number of benzene rings is 1. The smallest absolute Gasteiger partial charge is 0.0190 e. The summed E-state index contributed by atoms with van der Waals surface area (Å²) in [5.74, 6) is 0.724. The lowest BCUT2D eigenvalue weighted by Gasteiger charge is -2.11. The molecule has 0 fully saturated rings. The van der Waals surface area contributed by atoms with Gasteiger partial charge in [0, 0.05) is 0 Å². The van der Waals surface area contributed by atoms with E-state index in [1.807, 2.05) is 0 Å². The van der Waals surface area contributed by atoms with Gasteiger partial charge in [-0.25, -0.2) is 0 Å². The van der Waals surface area contributed by atoms with Gasteiger partial charge in [-0.05, 0) is 24.8 Å². The summed E-state index contributed by atoms with van der Waals surface area (Å²) in [5.41, 5.74) is 2.85. The summed E-state index contributed by atoms with van der Waals surface area (Å²) >= 11 is 0. The Balaban J connectivity index is 0.00000196. The minimum absolute atomic E-state index is 0. The highest BCUT2D eigenvalue weighted by molar-refractivity contribution is 7.59. The Kier molecular flexibility index (Phi) is 7.59. The van der Waals surface area contributed by atoms with Crippen molar-refractivity contribution in [1.29, 1.82) is 0 Å². The highest BCUT2D eigenvalue weighted by Gasteiger charge is 2.03. The molecule has 0 nitrogen and oxygen atoms in total. The first-order valence-electron chi connectivity index (χ1n) is 5.80. The highest BCUT2D eigenvalue weighted by Crippen LogP contribution is 2.21. The molecule has 0 aliphatic carbocycles. The predicted octanol–water partition coefficient (Wildman–Crippen LogP) is 4.79. The van der Waals surface area contributed by atoms with Gasteiger partial charge >= 0.3 is 0 Å². The maximum atomic E-state index is 2.33. The molecule has 0 heterocycles. The van der Waals surface area contributed by atoms with Crippen molar-refractivity contribution in [2.75, 3.05) is 0 Å². The highest BCUT2D eigenvalue weighted by atomic mass is 32.1. The Morgan fingerprint density at radius 1 is 1.07 bits per heavy atom. The molecular formula is C14H24S. The lowest BCUT2D eigenvalue weighted by molar-refractivity contribution is 0.598. The third kappa shape index (κ3) is 5.27. The van der Waals surface area contributed by atoms with Crippen molar-refractivity contribution < 1.29 is 0 Å². The standard InChI is InChI=1S/C14H22.H2S/c1-4-5-6-7-13(3)14-10-8-12(2)9-11-14;/h8-11,13H,4-7H2,1-3H3;1H2/t13-;/m0./s1. The molecule has 1 atom stereocenters. The van der Waals surface area contributed by atoms with Crippen LogP contribution >= 0.6 is 13.5 Å². The molecule has 0 saturated heterocycles. The average molecular weight is 224 g/mol. The van der Waals surface area contributed by atoms with Gasteiger partial charge in [0.15, 0.2) is 0 Å². The van der Waals surface area contributed by atoms with Crippen molar-refractivity contribution in [1.82, 2.24) is 0 Å². The maximum absolute atomic E-state index is 2.33. The average Bonchev–Trinajstić information content (AvgIpc) is 2.19.